The van der Waals surface area contributed by atoms with Crippen LogP contribution in [0.5, 0.6) is 0 Å². The lowest BCUT2D eigenvalue weighted by atomic mass is 10.1. The van der Waals surface area contributed by atoms with Gasteiger partial charge in [-0.2, -0.15) is 0 Å². The molecule has 2 N–H and O–H groups in total. The van der Waals surface area contributed by atoms with Crippen molar-refractivity contribution in [3.63, 3.8) is 0 Å². The van der Waals surface area contributed by atoms with Crippen LogP contribution in [0.1, 0.15) is 19.8 Å². The molecular formula is C21H23FN6O2. The van der Waals surface area contributed by atoms with Crippen LogP contribution in [0.2, 0.25) is 0 Å². The van der Waals surface area contributed by atoms with Crippen LogP contribution in [0.4, 0.5) is 20.7 Å². The summed E-state index contributed by atoms with van der Waals surface area (Å²) in [7, 11) is 0. The number of anilines is 2. The number of amides is 2. The molecule has 3 heterocycles. The predicted molar refractivity (Wildman–Crippen MR) is 113 cm³/mol. The second-order valence-corrected chi connectivity index (χ2v) is 7.17. The fraction of sp³-hybridized carbons (Fsp3) is 0.333. The number of halogens is 1. The first-order valence-corrected chi connectivity index (χ1v) is 9.99. The van der Waals surface area contributed by atoms with E-state index >= 15 is 0 Å². The molecule has 1 aliphatic heterocycles. The molecule has 0 saturated carbocycles. The molecule has 0 unspecified atom stereocenters. The Hall–Kier alpha value is -3.49. The molecule has 2 aromatic heterocycles. The Balaban J connectivity index is 1.42. The summed E-state index contributed by atoms with van der Waals surface area (Å²) in [6.45, 7) is 3.59. The van der Waals surface area contributed by atoms with Crippen molar-refractivity contribution in [1.82, 2.24) is 19.9 Å². The summed E-state index contributed by atoms with van der Waals surface area (Å²) in [6.07, 6.45) is 2.96. The van der Waals surface area contributed by atoms with E-state index in [4.69, 9.17) is 0 Å². The number of nitrogens with zero attached hydrogens (tertiary/aromatic N) is 4. The van der Waals surface area contributed by atoms with Gasteiger partial charge in [0.05, 0.1) is 5.69 Å². The Morgan fingerprint density at radius 3 is 2.70 bits per heavy atom. The lowest BCUT2D eigenvalue weighted by molar-refractivity contribution is 0.246. The zero-order valence-electron chi connectivity index (χ0n) is 16.6. The number of carbonyl (C=O) groups is 1. The number of aromatic nitrogens is 3. The number of urea groups is 1. The van der Waals surface area contributed by atoms with E-state index in [0.717, 1.165) is 0 Å². The van der Waals surface area contributed by atoms with Crippen molar-refractivity contribution < 1.29 is 9.18 Å². The highest BCUT2D eigenvalue weighted by Crippen LogP contribution is 2.18. The molecule has 9 heteroatoms. The summed E-state index contributed by atoms with van der Waals surface area (Å²) in [5, 5.41) is 5.41. The maximum atomic E-state index is 13.7. The predicted octanol–water partition coefficient (Wildman–Crippen LogP) is 2.74. The molecule has 1 aromatic carbocycles. The summed E-state index contributed by atoms with van der Waals surface area (Å²) in [5.41, 5.74) is 1.24. The molecule has 1 saturated heterocycles. The Morgan fingerprint density at radius 1 is 1.20 bits per heavy atom. The lowest BCUT2D eigenvalue weighted by Crippen LogP contribution is -2.47. The van der Waals surface area contributed by atoms with E-state index in [1.54, 1.807) is 29.0 Å². The number of rotatable bonds is 4. The van der Waals surface area contributed by atoms with Gasteiger partial charge < -0.3 is 15.5 Å². The van der Waals surface area contributed by atoms with Crippen LogP contribution in [0, 0.1) is 5.82 Å². The largest absolute Gasteiger partial charge is 0.352 e. The third-order valence-corrected chi connectivity index (χ3v) is 5.25. The number of hydrogen-bond donors (Lipinski definition) is 2. The maximum Gasteiger partial charge on any atom is 0.319 e. The molecule has 2 amide bonds. The van der Waals surface area contributed by atoms with Crippen molar-refractivity contribution in [2.24, 2.45) is 0 Å². The van der Waals surface area contributed by atoms with Crippen molar-refractivity contribution in [1.29, 1.82) is 0 Å². The van der Waals surface area contributed by atoms with Crippen molar-refractivity contribution in [2.75, 3.05) is 23.3 Å². The van der Waals surface area contributed by atoms with Crippen molar-refractivity contribution >= 4 is 28.7 Å². The van der Waals surface area contributed by atoms with Crippen molar-refractivity contribution in [2.45, 2.75) is 32.4 Å². The minimum absolute atomic E-state index is 0.0662. The molecule has 1 fully saturated rings. The second-order valence-electron chi connectivity index (χ2n) is 7.17. The second kappa shape index (κ2) is 8.48. The van der Waals surface area contributed by atoms with E-state index in [1.165, 1.54) is 12.1 Å². The van der Waals surface area contributed by atoms with E-state index in [-0.39, 0.29) is 17.3 Å². The van der Waals surface area contributed by atoms with Gasteiger partial charge in [-0.1, -0.05) is 12.1 Å². The SMILES string of the molecule is CCn1c(=O)c(N2CCC(NC(=O)Nc3ccccc3F)CC2)nc2cccnc21. The third-order valence-electron chi connectivity index (χ3n) is 5.25. The molecule has 0 radical (unpaired) electrons. The van der Waals surface area contributed by atoms with Gasteiger partial charge in [0.2, 0.25) is 0 Å². The Kier molecular flexibility index (Phi) is 5.60. The minimum Gasteiger partial charge on any atom is -0.352 e. The zero-order chi connectivity index (χ0) is 21.1. The van der Waals surface area contributed by atoms with E-state index in [1.807, 2.05) is 17.9 Å². The molecule has 3 aromatic rings. The van der Waals surface area contributed by atoms with Crippen LogP contribution < -0.4 is 21.1 Å². The number of benzene rings is 1. The fourth-order valence-electron chi connectivity index (χ4n) is 3.70. The van der Waals surface area contributed by atoms with Gasteiger partial charge in [0.15, 0.2) is 11.5 Å². The number of carbonyl (C=O) groups excluding carboxylic acids is 1. The number of para-hydroxylation sites is 1. The number of piperidine rings is 1. The topological polar surface area (TPSA) is 92.2 Å². The number of aryl methyl sites for hydroxylation is 1. The molecule has 4 rings (SSSR count). The van der Waals surface area contributed by atoms with Crippen LogP contribution >= 0.6 is 0 Å². The van der Waals surface area contributed by atoms with Gasteiger partial charge in [-0.25, -0.2) is 19.2 Å². The summed E-state index contributed by atoms with van der Waals surface area (Å²) in [5.74, 6) is -0.0712. The van der Waals surface area contributed by atoms with Crippen molar-refractivity contribution in [3.05, 3.63) is 58.8 Å². The molecule has 0 bridgehead atoms. The molecule has 156 valence electrons. The third kappa shape index (κ3) is 3.96. The van der Waals surface area contributed by atoms with Gasteiger partial charge >= 0.3 is 6.03 Å². The molecule has 1 aliphatic rings. The van der Waals surface area contributed by atoms with Crippen LogP contribution in [0.25, 0.3) is 11.2 Å². The van der Waals surface area contributed by atoms with Crippen LogP contribution in [0.3, 0.4) is 0 Å². The van der Waals surface area contributed by atoms with Crippen LogP contribution in [0.15, 0.2) is 47.4 Å². The highest BCUT2D eigenvalue weighted by Gasteiger charge is 2.24. The van der Waals surface area contributed by atoms with Gasteiger partial charge in [-0.3, -0.25) is 9.36 Å². The van der Waals surface area contributed by atoms with E-state index in [9.17, 15) is 14.0 Å². The highest BCUT2D eigenvalue weighted by molar-refractivity contribution is 5.89. The van der Waals surface area contributed by atoms with Gasteiger partial charge in [0.1, 0.15) is 11.3 Å². The summed E-state index contributed by atoms with van der Waals surface area (Å²) >= 11 is 0. The molecule has 8 nitrogen and oxygen atoms in total. The standard InChI is InChI=1S/C21H23FN6O2/c1-2-28-18-17(8-5-11-23-18)25-19(20(28)29)27-12-9-14(10-13-27)24-21(30)26-16-7-4-3-6-15(16)22/h3-8,11,14H,2,9-10,12-13H2,1H3,(H2,24,26,30). The number of nitrogens with one attached hydrogen (secondary N) is 2. The highest BCUT2D eigenvalue weighted by atomic mass is 19.1. The first-order chi connectivity index (χ1) is 14.6. The number of fused-ring (bicyclic) bond motifs is 1. The molecular weight excluding hydrogens is 387 g/mol. The maximum absolute atomic E-state index is 13.7. The van der Waals surface area contributed by atoms with E-state index < -0.39 is 11.8 Å². The summed E-state index contributed by atoms with van der Waals surface area (Å²) in [4.78, 5) is 35.9. The Labute approximate surface area is 172 Å². The number of pyridine rings is 1. The smallest absolute Gasteiger partial charge is 0.319 e. The first kappa shape index (κ1) is 19.8. The zero-order valence-corrected chi connectivity index (χ0v) is 16.6. The van der Waals surface area contributed by atoms with Crippen molar-refractivity contribution in [3.8, 4) is 0 Å². The van der Waals surface area contributed by atoms with Crippen LogP contribution in [-0.2, 0) is 6.54 Å². The lowest BCUT2D eigenvalue weighted by Gasteiger charge is -2.33. The summed E-state index contributed by atoms with van der Waals surface area (Å²) in [6, 6.07) is 9.17. The Bertz CT molecular complexity index is 1120. The molecule has 30 heavy (non-hydrogen) atoms. The molecule has 0 aliphatic carbocycles. The fourth-order valence-corrected chi connectivity index (χ4v) is 3.70. The van der Waals surface area contributed by atoms with Gasteiger partial charge in [-0.05, 0) is 44.0 Å². The van der Waals surface area contributed by atoms with E-state index in [2.05, 4.69) is 20.6 Å². The quantitative estimate of drug-likeness (QED) is 0.690. The average molecular weight is 410 g/mol. The summed E-state index contributed by atoms with van der Waals surface area (Å²) < 4.78 is 15.3. The number of hydrogen-bond acceptors (Lipinski definition) is 5. The minimum atomic E-state index is -0.480. The van der Waals surface area contributed by atoms with Crippen LogP contribution in [-0.4, -0.2) is 39.7 Å². The van der Waals surface area contributed by atoms with Gasteiger partial charge in [-0.15, -0.1) is 0 Å². The first-order valence-electron chi connectivity index (χ1n) is 9.99. The Morgan fingerprint density at radius 2 is 1.97 bits per heavy atom. The van der Waals surface area contributed by atoms with Gasteiger partial charge in [0, 0.05) is 31.9 Å². The van der Waals surface area contributed by atoms with Gasteiger partial charge in [0.25, 0.3) is 5.56 Å². The normalized spacial score (nSPS) is 14.7. The molecule has 0 atom stereocenters. The average Bonchev–Trinajstić information content (AvgIpc) is 2.75. The van der Waals surface area contributed by atoms with E-state index in [0.29, 0.717) is 49.5 Å². The monoisotopic (exact) mass is 410 g/mol. The molecule has 0 spiro atoms.